The number of fused-ring (bicyclic) bond motifs is 5. The Morgan fingerprint density at radius 2 is 1.96 bits per heavy atom. The van der Waals surface area contributed by atoms with Gasteiger partial charge in [-0.3, -0.25) is 4.90 Å². The van der Waals surface area contributed by atoms with Crippen molar-refractivity contribution in [3.63, 3.8) is 0 Å². The highest BCUT2D eigenvalue weighted by atomic mass is 127. The number of morpholine rings is 1. The van der Waals surface area contributed by atoms with Gasteiger partial charge in [0.05, 0.1) is 0 Å². The van der Waals surface area contributed by atoms with Gasteiger partial charge in [-0.1, -0.05) is 52.9 Å². The molecule has 0 saturated carbocycles. The fourth-order valence-corrected chi connectivity index (χ4v) is 4.75. The molecule has 1 aromatic carbocycles. The molecule has 6 atom stereocenters. The van der Waals surface area contributed by atoms with Crippen molar-refractivity contribution >= 4 is 28.6 Å². The summed E-state index contributed by atoms with van der Waals surface area (Å²) >= 11 is 1.91. The Labute approximate surface area is 148 Å². The van der Waals surface area contributed by atoms with E-state index < -0.39 is 11.6 Å². The van der Waals surface area contributed by atoms with Crippen LogP contribution in [0.15, 0.2) is 30.3 Å². The fraction of sp³-hybridized carbons (Fsp3) is 0.588. The fourth-order valence-electron chi connectivity index (χ4n) is 3.99. The van der Waals surface area contributed by atoms with E-state index in [4.69, 9.17) is 9.47 Å². The predicted molar refractivity (Wildman–Crippen MR) is 91.2 cm³/mol. The number of ether oxygens (including phenoxy) is 2. The Balaban J connectivity index is 1.47. The predicted octanol–water partition coefficient (Wildman–Crippen LogP) is 2.44. The molecule has 0 radical (unpaired) electrons. The minimum Gasteiger partial charge on any atom is -0.460 e. The van der Waals surface area contributed by atoms with Crippen LogP contribution >= 0.6 is 22.6 Å². The van der Waals surface area contributed by atoms with E-state index >= 15 is 4.39 Å². The maximum absolute atomic E-state index is 15.3. The molecule has 3 aliphatic heterocycles. The van der Waals surface area contributed by atoms with Gasteiger partial charge < -0.3 is 9.47 Å². The molecule has 0 aliphatic carbocycles. The van der Waals surface area contributed by atoms with E-state index in [0.29, 0.717) is 17.6 Å². The van der Waals surface area contributed by atoms with Gasteiger partial charge in [-0.25, -0.2) is 9.18 Å². The first-order valence-electron chi connectivity index (χ1n) is 7.93. The molecule has 23 heavy (non-hydrogen) atoms. The van der Waals surface area contributed by atoms with E-state index in [-0.39, 0.29) is 22.7 Å². The average Bonchev–Trinajstić information content (AvgIpc) is 3.33. The van der Waals surface area contributed by atoms with Crippen LogP contribution in [-0.2, 0) is 19.9 Å². The van der Waals surface area contributed by atoms with E-state index in [2.05, 4.69) is 11.9 Å². The Kier molecular flexibility index (Phi) is 3.89. The van der Waals surface area contributed by atoms with Crippen molar-refractivity contribution in [1.29, 1.82) is 0 Å². The summed E-state index contributed by atoms with van der Waals surface area (Å²) in [5.74, 6) is -0.762. The number of piperidine rings is 1. The lowest BCUT2D eigenvalue weighted by atomic mass is 9.96. The van der Waals surface area contributed by atoms with Crippen molar-refractivity contribution in [3.8, 4) is 0 Å². The summed E-state index contributed by atoms with van der Waals surface area (Å²) in [7, 11) is 2.09. The summed E-state index contributed by atoms with van der Waals surface area (Å²) in [5.41, 5.74) is -1.72. The van der Waals surface area contributed by atoms with Crippen LogP contribution in [0.25, 0.3) is 0 Å². The highest BCUT2D eigenvalue weighted by molar-refractivity contribution is 14.1. The van der Waals surface area contributed by atoms with Crippen molar-refractivity contribution in [1.82, 2.24) is 4.90 Å². The molecule has 2 bridgehead atoms. The third-order valence-corrected chi connectivity index (χ3v) is 6.44. The van der Waals surface area contributed by atoms with Gasteiger partial charge in [0.25, 0.3) is 0 Å². The molecule has 2 unspecified atom stereocenters. The van der Waals surface area contributed by atoms with E-state index in [0.717, 1.165) is 12.8 Å². The van der Waals surface area contributed by atoms with Gasteiger partial charge in [0.2, 0.25) is 5.67 Å². The van der Waals surface area contributed by atoms with Crippen LogP contribution in [0.5, 0.6) is 0 Å². The summed E-state index contributed by atoms with van der Waals surface area (Å²) in [6.45, 7) is 0. The van der Waals surface area contributed by atoms with Crippen LogP contribution in [0.3, 0.4) is 0 Å². The van der Waals surface area contributed by atoms with Gasteiger partial charge in [0.1, 0.15) is 18.3 Å². The topological polar surface area (TPSA) is 42.1 Å². The normalized spacial score (nSPS) is 37.8. The molecule has 0 spiro atoms. The number of alkyl halides is 2. The van der Waals surface area contributed by atoms with Gasteiger partial charge >= 0.3 is 5.97 Å². The second-order valence-electron chi connectivity index (χ2n) is 6.67. The highest BCUT2D eigenvalue weighted by Crippen LogP contribution is 2.48. The number of rotatable bonds is 4. The molecule has 0 aromatic heterocycles. The number of hydrogen-bond donors (Lipinski definition) is 0. The zero-order chi connectivity index (χ0) is 16.2. The van der Waals surface area contributed by atoms with Gasteiger partial charge in [-0.15, -0.1) is 0 Å². The molecule has 3 heterocycles. The van der Waals surface area contributed by atoms with Crippen LogP contribution < -0.4 is 0 Å². The lowest BCUT2D eigenvalue weighted by Crippen LogP contribution is -2.49. The number of esters is 1. The SMILES string of the molecule is CN1[C@@H]2CC(OC(=O)C(F)(CI)c3ccccc3)C[C@H]1[C@@H]1O[C@@H]12. The number of benzene rings is 1. The number of carbonyl (C=O) groups excluding carboxylic acids is 1. The van der Waals surface area contributed by atoms with E-state index in [1.807, 2.05) is 28.7 Å². The third kappa shape index (κ3) is 2.49. The molecule has 3 aliphatic rings. The second-order valence-corrected chi connectivity index (χ2v) is 7.43. The maximum atomic E-state index is 15.3. The van der Waals surface area contributed by atoms with Crippen molar-refractivity contribution in [2.75, 3.05) is 11.5 Å². The van der Waals surface area contributed by atoms with Crippen LogP contribution in [0, 0.1) is 0 Å². The quantitative estimate of drug-likeness (QED) is 0.318. The molecule has 4 nitrogen and oxygen atoms in total. The summed E-state index contributed by atoms with van der Waals surface area (Å²) in [4.78, 5) is 14.8. The van der Waals surface area contributed by atoms with Crippen LogP contribution in [0.4, 0.5) is 4.39 Å². The van der Waals surface area contributed by atoms with Crippen LogP contribution in [0.2, 0.25) is 0 Å². The Hall–Kier alpha value is -0.730. The number of hydrogen-bond acceptors (Lipinski definition) is 4. The van der Waals surface area contributed by atoms with Crippen molar-refractivity contribution in [2.24, 2.45) is 0 Å². The van der Waals surface area contributed by atoms with Crippen LogP contribution in [-0.4, -0.2) is 52.7 Å². The number of epoxide rings is 1. The highest BCUT2D eigenvalue weighted by Gasteiger charge is 2.63. The van der Waals surface area contributed by atoms with Gasteiger partial charge in [0, 0.05) is 34.9 Å². The van der Waals surface area contributed by atoms with Crippen molar-refractivity contribution < 1.29 is 18.7 Å². The molecular formula is C17H19FINO3. The minimum atomic E-state index is -2.08. The summed E-state index contributed by atoms with van der Waals surface area (Å²) < 4.78 is 26.5. The minimum absolute atomic E-state index is 0.0431. The number of carbonyl (C=O) groups is 1. The Morgan fingerprint density at radius 1 is 1.35 bits per heavy atom. The smallest absolute Gasteiger partial charge is 0.349 e. The van der Waals surface area contributed by atoms with E-state index in [9.17, 15) is 4.79 Å². The number of likely N-dealkylation sites (N-methyl/N-ethyl adjacent to an activating group) is 1. The Morgan fingerprint density at radius 3 is 2.52 bits per heavy atom. The first-order chi connectivity index (χ1) is 11.0. The lowest BCUT2D eigenvalue weighted by Gasteiger charge is -2.38. The summed E-state index contributed by atoms with van der Waals surface area (Å²) in [6, 6.07) is 9.16. The van der Waals surface area contributed by atoms with E-state index in [1.54, 1.807) is 24.3 Å². The molecule has 3 fully saturated rings. The number of nitrogens with zero attached hydrogens (tertiary/aromatic N) is 1. The second kappa shape index (κ2) is 5.67. The Bertz CT molecular complexity index is 597. The lowest BCUT2D eigenvalue weighted by molar-refractivity contribution is -0.167. The maximum Gasteiger partial charge on any atom is 0.349 e. The first kappa shape index (κ1) is 15.8. The molecule has 0 N–H and O–H groups in total. The third-order valence-electron chi connectivity index (χ3n) is 5.39. The van der Waals surface area contributed by atoms with E-state index in [1.165, 1.54) is 0 Å². The molecular weight excluding hydrogens is 412 g/mol. The summed E-state index contributed by atoms with van der Waals surface area (Å²) in [6.07, 6.45) is 1.80. The largest absolute Gasteiger partial charge is 0.460 e. The zero-order valence-corrected chi connectivity index (χ0v) is 15.0. The van der Waals surface area contributed by atoms with Crippen molar-refractivity contribution in [2.45, 2.75) is 48.9 Å². The van der Waals surface area contributed by atoms with Crippen molar-refractivity contribution in [3.05, 3.63) is 35.9 Å². The van der Waals surface area contributed by atoms with Crippen LogP contribution in [0.1, 0.15) is 18.4 Å². The number of halogens is 2. The first-order valence-corrected chi connectivity index (χ1v) is 9.46. The summed E-state index contributed by atoms with van der Waals surface area (Å²) in [5, 5.41) is 0. The van der Waals surface area contributed by atoms with Gasteiger partial charge in [-0.2, -0.15) is 0 Å². The van der Waals surface area contributed by atoms with Gasteiger partial charge in [-0.05, 0) is 7.05 Å². The molecule has 4 rings (SSSR count). The zero-order valence-electron chi connectivity index (χ0n) is 12.8. The molecule has 1 aromatic rings. The molecule has 3 saturated heterocycles. The molecule has 124 valence electrons. The average molecular weight is 431 g/mol. The molecule has 0 amide bonds. The van der Waals surface area contributed by atoms with Gasteiger partial charge in [0.15, 0.2) is 0 Å². The monoisotopic (exact) mass is 431 g/mol. The molecule has 6 heteroatoms. The standard InChI is InChI=1S/C17H19FINO3/c1-20-12-7-11(8-13(20)15-14(12)23-15)22-16(21)17(18,9-19)10-5-3-2-4-6-10/h2-6,11-15H,7-9H2,1H3/t11?,12-,13+,14-,15+,17?.